The highest BCUT2D eigenvalue weighted by Gasteiger charge is 2.20. The van der Waals surface area contributed by atoms with Crippen LogP contribution in [0.5, 0.6) is 0 Å². The van der Waals surface area contributed by atoms with Crippen LogP contribution in [0.2, 0.25) is 0 Å². The third-order valence-electron chi connectivity index (χ3n) is 3.10. The van der Waals surface area contributed by atoms with Crippen LogP contribution in [-0.2, 0) is 4.84 Å². The van der Waals surface area contributed by atoms with Gasteiger partial charge in [0.2, 0.25) is 0 Å². The molecule has 2 aromatic rings. The lowest BCUT2D eigenvalue weighted by molar-refractivity contribution is -0.0764. The summed E-state index contributed by atoms with van der Waals surface area (Å²) in [4.78, 5) is 17.1. The van der Waals surface area contributed by atoms with E-state index in [9.17, 15) is 4.79 Å². The van der Waals surface area contributed by atoms with Crippen molar-refractivity contribution in [2.75, 3.05) is 14.2 Å². The number of amides is 1. The normalized spacial score (nSPS) is 12.2. The van der Waals surface area contributed by atoms with Gasteiger partial charge in [0.15, 0.2) is 0 Å². The van der Waals surface area contributed by atoms with Crippen molar-refractivity contribution in [3.05, 3.63) is 53.9 Å². The Morgan fingerprint density at radius 3 is 2.63 bits per heavy atom. The van der Waals surface area contributed by atoms with Crippen molar-refractivity contribution >= 4 is 5.91 Å². The fourth-order valence-corrected chi connectivity index (χ4v) is 1.91. The fourth-order valence-electron chi connectivity index (χ4n) is 1.91. The number of hydrogen-bond donors (Lipinski definition) is 0. The molecule has 5 nitrogen and oxygen atoms in total. The number of benzene rings is 1. The van der Waals surface area contributed by atoms with Crippen LogP contribution in [0.25, 0.3) is 0 Å². The van der Waals surface area contributed by atoms with Gasteiger partial charge < -0.3 is 0 Å². The number of aromatic nitrogens is 2. The maximum absolute atomic E-state index is 12.1. The molecule has 0 aliphatic carbocycles. The van der Waals surface area contributed by atoms with Gasteiger partial charge in [-0.1, -0.05) is 30.3 Å². The van der Waals surface area contributed by atoms with Crippen LogP contribution >= 0.6 is 0 Å². The van der Waals surface area contributed by atoms with Crippen molar-refractivity contribution in [2.45, 2.75) is 13.0 Å². The molecule has 0 spiro atoms. The molecule has 0 N–H and O–H groups in total. The molecule has 0 radical (unpaired) electrons. The average Bonchev–Trinajstić information content (AvgIpc) is 2.95. The van der Waals surface area contributed by atoms with E-state index >= 15 is 0 Å². The lowest BCUT2D eigenvalue weighted by Gasteiger charge is -2.18. The van der Waals surface area contributed by atoms with Gasteiger partial charge in [-0.2, -0.15) is 5.10 Å². The Morgan fingerprint density at radius 1 is 1.32 bits per heavy atom. The third-order valence-corrected chi connectivity index (χ3v) is 3.10. The Morgan fingerprint density at radius 2 is 2.00 bits per heavy atom. The van der Waals surface area contributed by atoms with Crippen molar-refractivity contribution < 1.29 is 9.63 Å². The van der Waals surface area contributed by atoms with Gasteiger partial charge in [-0.3, -0.25) is 14.3 Å². The molecule has 0 aliphatic heterocycles. The molecule has 2 rings (SSSR count). The van der Waals surface area contributed by atoms with Gasteiger partial charge in [-0.15, -0.1) is 0 Å². The second kappa shape index (κ2) is 5.67. The first-order chi connectivity index (χ1) is 9.15. The summed E-state index contributed by atoms with van der Waals surface area (Å²) >= 11 is 0. The zero-order valence-electron chi connectivity index (χ0n) is 11.3. The summed E-state index contributed by atoms with van der Waals surface area (Å²) in [6.45, 7) is 2.01. The molecule has 100 valence electrons. The largest absolute Gasteiger partial charge is 0.295 e. The van der Waals surface area contributed by atoms with Crippen molar-refractivity contribution in [3.8, 4) is 0 Å². The first kappa shape index (κ1) is 13.3. The Balaban J connectivity index is 2.32. The van der Waals surface area contributed by atoms with Crippen molar-refractivity contribution in [2.24, 2.45) is 0 Å². The van der Waals surface area contributed by atoms with Crippen molar-refractivity contribution in [3.63, 3.8) is 0 Å². The minimum Gasteiger partial charge on any atom is -0.274 e. The summed E-state index contributed by atoms with van der Waals surface area (Å²) in [7, 11) is 3.03. The second-order valence-electron chi connectivity index (χ2n) is 4.23. The van der Waals surface area contributed by atoms with Crippen LogP contribution in [0.15, 0.2) is 42.6 Å². The molecule has 1 unspecified atom stereocenters. The predicted octanol–water partition coefficient (Wildman–Crippen LogP) is 2.13. The summed E-state index contributed by atoms with van der Waals surface area (Å²) in [6, 6.07) is 11.6. The predicted molar refractivity (Wildman–Crippen MR) is 71.6 cm³/mol. The highest BCUT2D eigenvalue weighted by molar-refractivity contribution is 5.91. The quantitative estimate of drug-likeness (QED) is 0.790. The third kappa shape index (κ3) is 2.66. The molecule has 19 heavy (non-hydrogen) atoms. The molecule has 0 saturated heterocycles. The summed E-state index contributed by atoms with van der Waals surface area (Å²) in [6.07, 6.45) is 1.62. The topological polar surface area (TPSA) is 47.4 Å². The molecule has 1 atom stereocenters. The van der Waals surface area contributed by atoms with Crippen LogP contribution in [0.3, 0.4) is 0 Å². The molecular formula is C14H17N3O2. The highest BCUT2D eigenvalue weighted by atomic mass is 16.7. The van der Waals surface area contributed by atoms with E-state index in [1.54, 1.807) is 24.0 Å². The Hall–Kier alpha value is -2.14. The van der Waals surface area contributed by atoms with Crippen molar-refractivity contribution in [1.82, 2.24) is 14.8 Å². The van der Waals surface area contributed by atoms with E-state index in [2.05, 4.69) is 5.10 Å². The number of carbonyl (C=O) groups excluding carboxylic acids is 1. The zero-order chi connectivity index (χ0) is 13.8. The van der Waals surface area contributed by atoms with Crippen molar-refractivity contribution in [1.29, 1.82) is 0 Å². The van der Waals surface area contributed by atoms with Gasteiger partial charge >= 0.3 is 0 Å². The molecule has 0 aliphatic rings. The SMILES string of the molecule is CON(C)C(=O)c1ccnn1C(C)c1ccccc1. The Bertz CT molecular complexity index is 551. The number of rotatable bonds is 4. The van der Waals surface area contributed by atoms with E-state index in [4.69, 9.17) is 4.84 Å². The molecule has 1 amide bonds. The second-order valence-corrected chi connectivity index (χ2v) is 4.23. The van der Waals surface area contributed by atoms with Crippen LogP contribution < -0.4 is 0 Å². The zero-order valence-corrected chi connectivity index (χ0v) is 11.3. The highest BCUT2D eigenvalue weighted by Crippen LogP contribution is 2.19. The summed E-state index contributed by atoms with van der Waals surface area (Å²) in [5, 5.41) is 5.43. The summed E-state index contributed by atoms with van der Waals surface area (Å²) < 4.78 is 1.70. The van der Waals surface area contributed by atoms with Gasteiger partial charge in [0.1, 0.15) is 5.69 Å². The van der Waals surface area contributed by atoms with Crippen LogP contribution in [0.1, 0.15) is 29.0 Å². The van der Waals surface area contributed by atoms with E-state index in [-0.39, 0.29) is 11.9 Å². The average molecular weight is 259 g/mol. The fraction of sp³-hybridized carbons (Fsp3) is 0.286. The van der Waals surface area contributed by atoms with Gasteiger partial charge in [0.25, 0.3) is 5.91 Å². The van der Waals surface area contributed by atoms with E-state index in [0.29, 0.717) is 5.69 Å². The van der Waals surface area contributed by atoms with E-state index in [0.717, 1.165) is 5.56 Å². The minimum absolute atomic E-state index is 0.0135. The number of hydrogen-bond acceptors (Lipinski definition) is 3. The number of nitrogens with zero attached hydrogens (tertiary/aromatic N) is 3. The van der Waals surface area contributed by atoms with Gasteiger partial charge in [0, 0.05) is 13.2 Å². The molecule has 0 bridgehead atoms. The van der Waals surface area contributed by atoms with Gasteiger partial charge in [-0.05, 0) is 18.6 Å². The Labute approximate surface area is 112 Å². The minimum atomic E-state index is -0.220. The summed E-state index contributed by atoms with van der Waals surface area (Å²) in [5.41, 5.74) is 1.60. The number of carbonyl (C=O) groups is 1. The van der Waals surface area contributed by atoms with Gasteiger partial charge in [-0.25, -0.2) is 5.06 Å². The van der Waals surface area contributed by atoms with E-state index < -0.39 is 0 Å². The first-order valence-electron chi connectivity index (χ1n) is 6.05. The monoisotopic (exact) mass is 259 g/mol. The smallest absolute Gasteiger partial charge is 0.274 e. The molecular weight excluding hydrogens is 242 g/mol. The van der Waals surface area contributed by atoms with E-state index in [1.165, 1.54) is 12.2 Å². The maximum atomic E-state index is 12.1. The molecule has 1 aromatic heterocycles. The molecule has 0 fully saturated rings. The molecule has 1 aromatic carbocycles. The molecule has 0 saturated carbocycles. The number of hydroxylamine groups is 2. The van der Waals surface area contributed by atoms with Crippen LogP contribution in [-0.4, -0.2) is 34.9 Å². The van der Waals surface area contributed by atoms with Crippen LogP contribution in [0, 0.1) is 0 Å². The summed E-state index contributed by atoms with van der Waals surface area (Å²) in [5.74, 6) is -0.220. The van der Waals surface area contributed by atoms with Gasteiger partial charge in [0.05, 0.1) is 13.2 Å². The first-order valence-corrected chi connectivity index (χ1v) is 6.05. The lowest BCUT2D eigenvalue weighted by Crippen LogP contribution is -2.28. The standard InChI is InChI=1S/C14H17N3O2/c1-11(12-7-5-4-6-8-12)17-13(9-10-15-17)14(18)16(2)19-3/h4-11H,1-3H3. The van der Waals surface area contributed by atoms with E-state index in [1.807, 2.05) is 37.3 Å². The molecule has 5 heteroatoms. The Kier molecular flexibility index (Phi) is 3.97. The lowest BCUT2D eigenvalue weighted by atomic mass is 10.1. The maximum Gasteiger partial charge on any atom is 0.295 e. The van der Waals surface area contributed by atoms with Crippen LogP contribution in [0.4, 0.5) is 0 Å². The molecule has 1 heterocycles.